The zero-order chi connectivity index (χ0) is 19.5. The molecule has 0 spiro atoms. The topological polar surface area (TPSA) is 60.9 Å². The van der Waals surface area contributed by atoms with E-state index in [2.05, 4.69) is 29.2 Å². The first kappa shape index (κ1) is 18.7. The van der Waals surface area contributed by atoms with Gasteiger partial charge in [-0.25, -0.2) is 4.79 Å². The molecule has 0 aromatic heterocycles. The molecule has 5 nitrogen and oxygen atoms in total. The Balaban J connectivity index is 1.28. The second-order valence-corrected chi connectivity index (χ2v) is 7.87. The lowest BCUT2D eigenvalue weighted by atomic mass is 9.93. The second-order valence-electron chi connectivity index (χ2n) is 7.87. The van der Waals surface area contributed by atoms with E-state index >= 15 is 0 Å². The fraction of sp³-hybridized carbons (Fsp3) is 0.391. The minimum absolute atomic E-state index is 0.124. The van der Waals surface area contributed by atoms with Gasteiger partial charge in [-0.15, -0.1) is 0 Å². The summed E-state index contributed by atoms with van der Waals surface area (Å²) in [5, 5.41) is 9.34. The van der Waals surface area contributed by atoms with Crippen LogP contribution in [0.15, 0.2) is 48.5 Å². The van der Waals surface area contributed by atoms with E-state index in [1.165, 1.54) is 11.6 Å². The van der Waals surface area contributed by atoms with Crippen LogP contribution in [0.4, 0.5) is 0 Å². The number of carbonyl (C=O) groups is 2. The van der Waals surface area contributed by atoms with Gasteiger partial charge in [-0.2, -0.15) is 0 Å². The van der Waals surface area contributed by atoms with Crippen LogP contribution in [0.1, 0.15) is 51.1 Å². The summed E-state index contributed by atoms with van der Waals surface area (Å²) in [6.07, 6.45) is 3.30. The number of carboxylic acids is 1. The van der Waals surface area contributed by atoms with Crippen LogP contribution in [-0.2, 0) is 13.1 Å². The fourth-order valence-electron chi connectivity index (χ4n) is 4.39. The van der Waals surface area contributed by atoms with Crippen molar-refractivity contribution in [3.63, 3.8) is 0 Å². The number of amides is 1. The largest absolute Gasteiger partial charge is 0.478 e. The van der Waals surface area contributed by atoms with Crippen LogP contribution in [0.25, 0.3) is 0 Å². The average molecular weight is 378 g/mol. The number of aromatic carboxylic acids is 1. The molecule has 0 aliphatic carbocycles. The molecule has 28 heavy (non-hydrogen) atoms. The van der Waals surface area contributed by atoms with Gasteiger partial charge >= 0.3 is 5.97 Å². The van der Waals surface area contributed by atoms with E-state index < -0.39 is 5.97 Å². The molecule has 1 fully saturated rings. The van der Waals surface area contributed by atoms with Gasteiger partial charge in [0.15, 0.2) is 0 Å². The standard InChI is InChI=1S/C23H26N2O3/c26-22-21-19(7-4-8-20(21)23(27)28)16-25(22)14-11-17-9-12-24(13-10-17)15-18-5-2-1-3-6-18/h1-8,17H,9-16H2,(H,27,28). The molecule has 0 atom stereocenters. The van der Waals surface area contributed by atoms with Gasteiger partial charge in [-0.05, 0) is 55.5 Å². The van der Waals surface area contributed by atoms with Crippen LogP contribution in [0.3, 0.4) is 0 Å². The number of carboxylic acid groups (broad SMARTS) is 1. The first-order chi connectivity index (χ1) is 13.6. The highest BCUT2D eigenvalue weighted by atomic mass is 16.4. The molecule has 146 valence electrons. The molecular formula is C23H26N2O3. The fourth-order valence-corrected chi connectivity index (χ4v) is 4.39. The number of hydrogen-bond acceptors (Lipinski definition) is 3. The zero-order valence-corrected chi connectivity index (χ0v) is 16.0. The molecular weight excluding hydrogens is 352 g/mol. The van der Waals surface area contributed by atoms with Crippen LogP contribution in [0.2, 0.25) is 0 Å². The van der Waals surface area contributed by atoms with Crippen molar-refractivity contribution in [3.05, 3.63) is 70.8 Å². The summed E-state index contributed by atoms with van der Waals surface area (Å²) >= 11 is 0. The smallest absolute Gasteiger partial charge is 0.336 e. The Morgan fingerprint density at radius 2 is 1.79 bits per heavy atom. The van der Waals surface area contributed by atoms with Crippen molar-refractivity contribution in [1.29, 1.82) is 0 Å². The molecule has 1 saturated heterocycles. The number of piperidine rings is 1. The molecule has 0 saturated carbocycles. The van der Waals surface area contributed by atoms with Gasteiger partial charge in [0.2, 0.25) is 0 Å². The maximum atomic E-state index is 12.7. The van der Waals surface area contributed by atoms with Gasteiger partial charge in [-0.1, -0.05) is 42.5 Å². The molecule has 2 aliphatic rings. The van der Waals surface area contributed by atoms with Crippen LogP contribution in [0.5, 0.6) is 0 Å². The molecule has 2 aromatic carbocycles. The Morgan fingerprint density at radius 3 is 2.50 bits per heavy atom. The van der Waals surface area contributed by atoms with Crippen LogP contribution < -0.4 is 0 Å². The van der Waals surface area contributed by atoms with Crippen molar-refractivity contribution >= 4 is 11.9 Å². The quantitative estimate of drug-likeness (QED) is 0.834. The lowest BCUT2D eigenvalue weighted by Crippen LogP contribution is -2.35. The number of carbonyl (C=O) groups excluding carboxylic acids is 1. The van der Waals surface area contributed by atoms with Gasteiger partial charge in [0.1, 0.15) is 0 Å². The van der Waals surface area contributed by atoms with Crippen molar-refractivity contribution in [2.75, 3.05) is 19.6 Å². The third kappa shape index (κ3) is 3.94. The molecule has 0 bridgehead atoms. The van der Waals surface area contributed by atoms with E-state index in [0.29, 0.717) is 24.6 Å². The highest BCUT2D eigenvalue weighted by Gasteiger charge is 2.32. The number of fused-ring (bicyclic) bond motifs is 1. The van der Waals surface area contributed by atoms with Gasteiger partial charge in [0.05, 0.1) is 11.1 Å². The third-order valence-corrected chi connectivity index (χ3v) is 6.01. The molecule has 0 unspecified atom stereocenters. The van der Waals surface area contributed by atoms with E-state index in [0.717, 1.165) is 44.5 Å². The van der Waals surface area contributed by atoms with Gasteiger partial charge in [0.25, 0.3) is 5.91 Å². The Bertz CT molecular complexity index is 857. The van der Waals surface area contributed by atoms with Crippen molar-refractivity contribution < 1.29 is 14.7 Å². The summed E-state index contributed by atoms with van der Waals surface area (Å²) in [4.78, 5) is 28.4. The summed E-state index contributed by atoms with van der Waals surface area (Å²) in [5.41, 5.74) is 2.70. The number of likely N-dealkylation sites (tertiary alicyclic amines) is 1. The van der Waals surface area contributed by atoms with Gasteiger partial charge in [-0.3, -0.25) is 9.69 Å². The van der Waals surface area contributed by atoms with Gasteiger partial charge < -0.3 is 10.0 Å². The average Bonchev–Trinajstić information content (AvgIpc) is 3.04. The number of nitrogens with zero attached hydrogens (tertiary/aromatic N) is 2. The molecule has 4 rings (SSSR count). The highest BCUT2D eigenvalue weighted by Crippen LogP contribution is 2.28. The van der Waals surface area contributed by atoms with E-state index in [4.69, 9.17) is 0 Å². The summed E-state index contributed by atoms with van der Waals surface area (Å²) in [7, 11) is 0. The normalized spacial score (nSPS) is 17.7. The molecule has 0 radical (unpaired) electrons. The Hall–Kier alpha value is -2.66. The lowest BCUT2D eigenvalue weighted by molar-refractivity contribution is 0.0679. The first-order valence-corrected chi connectivity index (χ1v) is 10.0. The molecule has 2 aromatic rings. The predicted molar refractivity (Wildman–Crippen MR) is 107 cm³/mol. The third-order valence-electron chi connectivity index (χ3n) is 6.01. The van der Waals surface area contributed by atoms with Crippen LogP contribution >= 0.6 is 0 Å². The summed E-state index contributed by atoms with van der Waals surface area (Å²) in [5.74, 6) is -0.533. The van der Waals surface area contributed by atoms with Crippen LogP contribution in [0, 0.1) is 5.92 Å². The predicted octanol–water partition coefficient (Wildman–Crippen LogP) is 3.64. The second kappa shape index (κ2) is 8.15. The van der Waals surface area contributed by atoms with E-state index in [9.17, 15) is 14.7 Å². The van der Waals surface area contributed by atoms with Gasteiger partial charge in [0, 0.05) is 19.6 Å². The Kier molecular flexibility index (Phi) is 5.44. The monoisotopic (exact) mass is 378 g/mol. The first-order valence-electron chi connectivity index (χ1n) is 10.0. The molecule has 2 aliphatic heterocycles. The molecule has 2 heterocycles. The highest BCUT2D eigenvalue weighted by molar-refractivity contribution is 6.07. The summed E-state index contributed by atoms with van der Waals surface area (Å²) < 4.78 is 0. The van der Waals surface area contributed by atoms with Crippen molar-refractivity contribution in [2.45, 2.75) is 32.4 Å². The van der Waals surface area contributed by atoms with Crippen molar-refractivity contribution in [2.24, 2.45) is 5.92 Å². The van der Waals surface area contributed by atoms with E-state index in [1.54, 1.807) is 6.07 Å². The van der Waals surface area contributed by atoms with E-state index in [1.807, 2.05) is 17.0 Å². The maximum Gasteiger partial charge on any atom is 0.336 e. The molecule has 5 heteroatoms. The maximum absolute atomic E-state index is 12.7. The zero-order valence-electron chi connectivity index (χ0n) is 16.0. The molecule has 1 amide bonds. The minimum Gasteiger partial charge on any atom is -0.478 e. The van der Waals surface area contributed by atoms with E-state index in [-0.39, 0.29) is 11.5 Å². The number of benzene rings is 2. The Morgan fingerprint density at radius 1 is 1.04 bits per heavy atom. The SMILES string of the molecule is O=C(O)c1cccc2c1C(=O)N(CCC1CCN(Cc3ccccc3)CC1)C2. The van der Waals surface area contributed by atoms with Crippen molar-refractivity contribution in [1.82, 2.24) is 9.80 Å². The minimum atomic E-state index is -1.03. The number of rotatable bonds is 6. The summed E-state index contributed by atoms with van der Waals surface area (Å²) in [6, 6.07) is 15.7. The van der Waals surface area contributed by atoms with Crippen LogP contribution in [-0.4, -0.2) is 46.4 Å². The Labute approximate surface area is 165 Å². The lowest BCUT2D eigenvalue weighted by Gasteiger charge is -2.32. The van der Waals surface area contributed by atoms with Crippen molar-refractivity contribution in [3.8, 4) is 0 Å². The summed E-state index contributed by atoms with van der Waals surface area (Å²) in [6.45, 7) is 4.43. The molecule has 1 N–H and O–H groups in total. The number of hydrogen-bond donors (Lipinski definition) is 1.